The molecular weight excluding hydrogens is 300 g/mol. The summed E-state index contributed by atoms with van der Waals surface area (Å²) in [6, 6.07) is 9.32. The van der Waals surface area contributed by atoms with Crippen LogP contribution in [0, 0.1) is 5.92 Å². The molecule has 1 aromatic carbocycles. The number of piperazine rings is 1. The molecule has 0 aliphatic carbocycles. The average molecular weight is 325 g/mol. The van der Waals surface area contributed by atoms with Crippen LogP contribution in [-0.2, 0) is 6.54 Å². The first kappa shape index (κ1) is 15.0. The minimum Gasteiger partial charge on any atom is -0.309 e. The topological polar surface area (TPSA) is 15.3 Å². The van der Waals surface area contributed by atoms with Gasteiger partial charge in [-0.25, -0.2) is 0 Å². The van der Waals surface area contributed by atoms with Crippen molar-refractivity contribution in [2.24, 2.45) is 5.92 Å². The molecule has 0 spiro atoms. The Morgan fingerprint density at radius 2 is 1.95 bits per heavy atom. The molecule has 1 fully saturated rings. The van der Waals surface area contributed by atoms with Gasteiger partial charge in [0.2, 0.25) is 0 Å². The SMILES string of the molecule is CC(C)C1CNC(C)(C)CN1Cc1ccc(Br)cc1. The fourth-order valence-electron chi connectivity index (χ4n) is 2.85. The van der Waals surface area contributed by atoms with Crippen molar-refractivity contribution in [2.75, 3.05) is 13.1 Å². The van der Waals surface area contributed by atoms with Crippen LogP contribution in [0.3, 0.4) is 0 Å². The molecule has 2 nitrogen and oxygen atoms in total. The van der Waals surface area contributed by atoms with E-state index in [-0.39, 0.29) is 5.54 Å². The fraction of sp³-hybridized carbons (Fsp3) is 0.625. The molecule has 0 radical (unpaired) electrons. The Bertz CT molecular complexity index is 411. The number of hydrogen-bond donors (Lipinski definition) is 1. The minimum atomic E-state index is 0.209. The summed E-state index contributed by atoms with van der Waals surface area (Å²) in [5.74, 6) is 0.680. The summed E-state index contributed by atoms with van der Waals surface area (Å²) in [6.45, 7) is 12.4. The third-order valence-electron chi connectivity index (χ3n) is 3.93. The minimum absolute atomic E-state index is 0.209. The second-order valence-electron chi connectivity index (χ2n) is 6.61. The van der Waals surface area contributed by atoms with Gasteiger partial charge >= 0.3 is 0 Å². The van der Waals surface area contributed by atoms with Gasteiger partial charge in [0.1, 0.15) is 0 Å². The molecule has 1 aliphatic heterocycles. The Kier molecular flexibility index (Phi) is 4.70. The molecule has 106 valence electrons. The van der Waals surface area contributed by atoms with Crippen molar-refractivity contribution in [1.29, 1.82) is 0 Å². The third-order valence-corrected chi connectivity index (χ3v) is 4.45. The number of benzene rings is 1. The summed E-state index contributed by atoms with van der Waals surface area (Å²) >= 11 is 3.50. The largest absolute Gasteiger partial charge is 0.309 e. The van der Waals surface area contributed by atoms with Gasteiger partial charge in [-0.05, 0) is 37.5 Å². The number of nitrogens with one attached hydrogen (secondary N) is 1. The van der Waals surface area contributed by atoms with Gasteiger partial charge in [-0.3, -0.25) is 4.90 Å². The Hall–Kier alpha value is -0.380. The van der Waals surface area contributed by atoms with E-state index in [1.54, 1.807) is 0 Å². The van der Waals surface area contributed by atoms with E-state index in [2.05, 4.69) is 78.1 Å². The molecule has 2 rings (SSSR count). The van der Waals surface area contributed by atoms with Gasteiger partial charge in [0.15, 0.2) is 0 Å². The van der Waals surface area contributed by atoms with Gasteiger partial charge in [0.05, 0.1) is 0 Å². The second-order valence-corrected chi connectivity index (χ2v) is 7.52. The number of hydrogen-bond acceptors (Lipinski definition) is 2. The van der Waals surface area contributed by atoms with Crippen LogP contribution in [-0.4, -0.2) is 29.6 Å². The molecule has 1 unspecified atom stereocenters. The maximum absolute atomic E-state index is 3.67. The van der Waals surface area contributed by atoms with Gasteiger partial charge in [-0.1, -0.05) is 41.9 Å². The highest BCUT2D eigenvalue weighted by Gasteiger charge is 2.33. The molecule has 1 aromatic rings. The molecule has 3 heteroatoms. The van der Waals surface area contributed by atoms with Crippen molar-refractivity contribution in [1.82, 2.24) is 10.2 Å². The highest BCUT2D eigenvalue weighted by atomic mass is 79.9. The predicted octanol–water partition coefficient (Wildman–Crippen LogP) is 3.66. The highest BCUT2D eigenvalue weighted by molar-refractivity contribution is 9.10. The second kappa shape index (κ2) is 5.94. The summed E-state index contributed by atoms with van der Waals surface area (Å²) in [4.78, 5) is 2.63. The first-order valence-electron chi connectivity index (χ1n) is 7.11. The summed E-state index contributed by atoms with van der Waals surface area (Å²) < 4.78 is 1.15. The van der Waals surface area contributed by atoms with E-state index in [9.17, 15) is 0 Å². The fourth-order valence-corrected chi connectivity index (χ4v) is 3.11. The van der Waals surface area contributed by atoms with Crippen LogP contribution in [0.5, 0.6) is 0 Å². The van der Waals surface area contributed by atoms with Gasteiger partial charge in [0, 0.05) is 35.7 Å². The van der Waals surface area contributed by atoms with E-state index in [4.69, 9.17) is 0 Å². The van der Waals surface area contributed by atoms with Gasteiger partial charge in [0.25, 0.3) is 0 Å². The van der Waals surface area contributed by atoms with Gasteiger partial charge < -0.3 is 5.32 Å². The maximum atomic E-state index is 3.67. The summed E-state index contributed by atoms with van der Waals surface area (Å²) in [5, 5.41) is 3.67. The monoisotopic (exact) mass is 324 g/mol. The van der Waals surface area contributed by atoms with Crippen molar-refractivity contribution in [3.8, 4) is 0 Å². The third kappa shape index (κ3) is 4.04. The summed E-state index contributed by atoms with van der Waals surface area (Å²) in [7, 11) is 0. The molecular formula is C16H25BrN2. The average Bonchev–Trinajstić information content (AvgIpc) is 2.30. The van der Waals surface area contributed by atoms with Crippen LogP contribution in [0.25, 0.3) is 0 Å². The first-order chi connectivity index (χ1) is 8.87. The van der Waals surface area contributed by atoms with Crippen LogP contribution >= 0.6 is 15.9 Å². The summed E-state index contributed by atoms with van der Waals surface area (Å²) in [6.07, 6.45) is 0. The van der Waals surface area contributed by atoms with E-state index >= 15 is 0 Å². The van der Waals surface area contributed by atoms with Crippen LogP contribution in [0.15, 0.2) is 28.7 Å². The van der Waals surface area contributed by atoms with Crippen molar-refractivity contribution in [2.45, 2.75) is 45.8 Å². The van der Waals surface area contributed by atoms with E-state index in [1.165, 1.54) is 5.56 Å². The smallest absolute Gasteiger partial charge is 0.0253 e. The lowest BCUT2D eigenvalue weighted by molar-refractivity contribution is 0.0627. The molecule has 0 aromatic heterocycles. The van der Waals surface area contributed by atoms with Crippen LogP contribution in [0.4, 0.5) is 0 Å². The van der Waals surface area contributed by atoms with E-state index in [1.807, 2.05) is 0 Å². The molecule has 1 saturated heterocycles. The Morgan fingerprint density at radius 1 is 1.32 bits per heavy atom. The molecule has 1 atom stereocenters. The van der Waals surface area contributed by atoms with Gasteiger partial charge in [-0.15, -0.1) is 0 Å². The molecule has 0 amide bonds. The normalized spacial score (nSPS) is 23.8. The Labute approximate surface area is 125 Å². The number of nitrogens with zero attached hydrogens (tertiary/aromatic N) is 1. The van der Waals surface area contributed by atoms with Crippen molar-refractivity contribution in [3.63, 3.8) is 0 Å². The standard InChI is InChI=1S/C16H25BrN2/c1-12(2)15-9-18-16(3,4)11-19(15)10-13-5-7-14(17)8-6-13/h5-8,12,15,18H,9-11H2,1-4H3. The lowest BCUT2D eigenvalue weighted by Gasteiger charge is -2.46. The summed E-state index contributed by atoms with van der Waals surface area (Å²) in [5.41, 5.74) is 1.60. The number of halogens is 1. The molecule has 1 N–H and O–H groups in total. The predicted molar refractivity (Wildman–Crippen MR) is 85.3 cm³/mol. The van der Waals surface area contributed by atoms with Crippen molar-refractivity contribution >= 4 is 15.9 Å². The molecule has 19 heavy (non-hydrogen) atoms. The van der Waals surface area contributed by atoms with E-state index in [0.29, 0.717) is 12.0 Å². The van der Waals surface area contributed by atoms with Crippen LogP contribution in [0.1, 0.15) is 33.3 Å². The molecule has 1 heterocycles. The Balaban J connectivity index is 2.11. The van der Waals surface area contributed by atoms with Crippen molar-refractivity contribution < 1.29 is 0 Å². The molecule has 0 bridgehead atoms. The zero-order valence-electron chi connectivity index (χ0n) is 12.4. The highest BCUT2D eigenvalue weighted by Crippen LogP contribution is 2.23. The zero-order chi connectivity index (χ0) is 14.0. The lowest BCUT2D eigenvalue weighted by atomic mass is 9.92. The van der Waals surface area contributed by atoms with E-state index < -0.39 is 0 Å². The maximum Gasteiger partial charge on any atom is 0.0253 e. The van der Waals surface area contributed by atoms with Crippen molar-refractivity contribution in [3.05, 3.63) is 34.3 Å². The van der Waals surface area contributed by atoms with Crippen LogP contribution < -0.4 is 5.32 Å². The van der Waals surface area contributed by atoms with Gasteiger partial charge in [-0.2, -0.15) is 0 Å². The molecule has 0 saturated carbocycles. The number of rotatable bonds is 3. The van der Waals surface area contributed by atoms with E-state index in [0.717, 1.165) is 24.1 Å². The first-order valence-corrected chi connectivity index (χ1v) is 7.90. The Morgan fingerprint density at radius 3 is 2.53 bits per heavy atom. The quantitative estimate of drug-likeness (QED) is 0.912. The molecule has 1 aliphatic rings. The lowest BCUT2D eigenvalue weighted by Crippen LogP contribution is -2.62. The zero-order valence-corrected chi connectivity index (χ0v) is 14.0. The van der Waals surface area contributed by atoms with Crippen LogP contribution in [0.2, 0.25) is 0 Å².